The van der Waals surface area contributed by atoms with Crippen LogP contribution in [0.4, 0.5) is 0 Å². The Morgan fingerprint density at radius 1 is 0.964 bits per heavy atom. The van der Waals surface area contributed by atoms with Crippen molar-refractivity contribution in [1.29, 1.82) is 0 Å². The van der Waals surface area contributed by atoms with Crippen molar-refractivity contribution in [3.8, 4) is 23.1 Å². The summed E-state index contributed by atoms with van der Waals surface area (Å²) in [5.74, 6) is 1.90. The summed E-state index contributed by atoms with van der Waals surface area (Å²) in [4.78, 5) is 17.1. The second-order valence-corrected chi connectivity index (χ2v) is 6.07. The SMILES string of the molecule is COc1ccc(C(C)NC(=O)c2cccnc2Oc2ccccc2)c(OC)c1. The molecule has 0 aliphatic rings. The standard InChI is InChI=1S/C22H22N2O4/c1-15(18-12-11-17(26-2)14-20(18)27-3)24-21(25)19-10-7-13-23-22(19)28-16-8-5-4-6-9-16/h4-15H,1-3H3,(H,24,25). The first-order chi connectivity index (χ1) is 13.6. The highest BCUT2D eigenvalue weighted by molar-refractivity contribution is 5.96. The Labute approximate surface area is 164 Å². The Morgan fingerprint density at radius 2 is 1.75 bits per heavy atom. The third-order valence-electron chi connectivity index (χ3n) is 4.23. The Kier molecular flexibility index (Phi) is 6.11. The van der Waals surface area contributed by atoms with E-state index in [1.54, 1.807) is 50.7 Å². The van der Waals surface area contributed by atoms with Crippen molar-refractivity contribution in [3.05, 3.63) is 78.0 Å². The largest absolute Gasteiger partial charge is 0.497 e. The molecule has 0 radical (unpaired) electrons. The van der Waals surface area contributed by atoms with Gasteiger partial charge in [0.2, 0.25) is 5.88 Å². The zero-order valence-electron chi connectivity index (χ0n) is 16.0. The van der Waals surface area contributed by atoms with Gasteiger partial charge < -0.3 is 19.5 Å². The maximum Gasteiger partial charge on any atom is 0.257 e. The minimum atomic E-state index is -0.293. The van der Waals surface area contributed by atoms with Crippen molar-refractivity contribution in [3.63, 3.8) is 0 Å². The van der Waals surface area contributed by atoms with Crippen LogP contribution in [-0.2, 0) is 0 Å². The molecule has 0 fully saturated rings. The maximum atomic E-state index is 12.9. The molecular weight excluding hydrogens is 356 g/mol. The lowest BCUT2D eigenvalue weighted by Crippen LogP contribution is -2.27. The topological polar surface area (TPSA) is 69.7 Å². The van der Waals surface area contributed by atoms with E-state index in [9.17, 15) is 4.79 Å². The lowest BCUT2D eigenvalue weighted by atomic mass is 10.1. The third kappa shape index (κ3) is 4.40. The number of pyridine rings is 1. The molecule has 6 nitrogen and oxygen atoms in total. The third-order valence-corrected chi connectivity index (χ3v) is 4.23. The van der Waals surface area contributed by atoms with Crippen LogP contribution < -0.4 is 19.5 Å². The molecule has 3 rings (SSSR count). The van der Waals surface area contributed by atoms with Crippen LogP contribution >= 0.6 is 0 Å². The summed E-state index contributed by atoms with van der Waals surface area (Å²) >= 11 is 0. The van der Waals surface area contributed by atoms with Crippen LogP contribution in [0.1, 0.15) is 28.9 Å². The van der Waals surface area contributed by atoms with E-state index < -0.39 is 0 Å². The van der Waals surface area contributed by atoms with Gasteiger partial charge in [0.15, 0.2) is 0 Å². The number of rotatable bonds is 7. The maximum absolute atomic E-state index is 12.9. The molecular formula is C22H22N2O4. The summed E-state index contributed by atoms with van der Waals surface area (Å²) in [7, 11) is 3.18. The van der Waals surface area contributed by atoms with Crippen LogP contribution in [0, 0.1) is 0 Å². The minimum absolute atomic E-state index is 0.250. The Hall–Kier alpha value is -3.54. The van der Waals surface area contributed by atoms with Crippen molar-refractivity contribution >= 4 is 5.91 Å². The van der Waals surface area contributed by atoms with E-state index in [4.69, 9.17) is 14.2 Å². The first kappa shape index (κ1) is 19.2. The van der Waals surface area contributed by atoms with E-state index in [1.165, 1.54) is 0 Å². The lowest BCUT2D eigenvalue weighted by molar-refractivity contribution is 0.0936. The molecule has 1 aromatic heterocycles. The molecule has 0 saturated heterocycles. The number of aromatic nitrogens is 1. The van der Waals surface area contributed by atoms with Crippen molar-refractivity contribution in [2.45, 2.75) is 13.0 Å². The van der Waals surface area contributed by atoms with E-state index in [1.807, 2.05) is 37.3 Å². The number of carbonyl (C=O) groups excluding carboxylic acids is 1. The summed E-state index contributed by atoms with van der Waals surface area (Å²) in [5.41, 5.74) is 1.19. The molecule has 0 aliphatic heterocycles. The molecule has 1 N–H and O–H groups in total. The minimum Gasteiger partial charge on any atom is -0.497 e. The number of nitrogens with zero attached hydrogens (tertiary/aromatic N) is 1. The van der Waals surface area contributed by atoms with Gasteiger partial charge in [-0.05, 0) is 43.3 Å². The van der Waals surface area contributed by atoms with Crippen LogP contribution in [0.2, 0.25) is 0 Å². The quantitative estimate of drug-likeness (QED) is 0.661. The van der Waals surface area contributed by atoms with Crippen LogP contribution in [0.15, 0.2) is 66.9 Å². The molecule has 0 saturated carbocycles. The first-order valence-corrected chi connectivity index (χ1v) is 8.83. The number of nitrogens with one attached hydrogen (secondary N) is 1. The van der Waals surface area contributed by atoms with E-state index in [2.05, 4.69) is 10.3 Å². The Morgan fingerprint density at radius 3 is 2.46 bits per heavy atom. The van der Waals surface area contributed by atoms with Crippen LogP contribution in [-0.4, -0.2) is 25.1 Å². The molecule has 1 heterocycles. The highest BCUT2D eigenvalue weighted by Gasteiger charge is 2.19. The van der Waals surface area contributed by atoms with Gasteiger partial charge in [0.1, 0.15) is 22.8 Å². The molecule has 0 spiro atoms. The van der Waals surface area contributed by atoms with Crippen LogP contribution in [0.3, 0.4) is 0 Å². The van der Waals surface area contributed by atoms with Gasteiger partial charge in [-0.3, -0.25) is 4.79 Å². The van der Waals surface area contributed by atoms with Gasteiger partial charge in [0.25, 0.3) is 5.91 Å². The van der Waals surface area contributed by atoms with Gasteiger partial charge in [-0.15, -0.1) is 0 Å². The van der Waals surface area contributed by atoms with Crippen LogP contribution in [0.5, 0.6) is 23.1 Å². The van der Waals surface area contributed by atoms with E-state index in [0.29, 0.717) is 22.8 Å². The fourth-order valence-electron chi connectivity index (χ4n) is 2.77. The fourth-order valence-corrected chi connectivity index (χ4v) is 2.77. The molecule has 1 unspecified atom stereocenters. The van der Waals surface area contributed by atoms with Gasteiger partial charge in [-0.1, -0.05) is 18.2 Å². The van der Waals surface area contributed by atoms with Crippen molar-refractivity contribution in [1.82, 2.24) is 10.3 Å². The van der Waals surface area contributed by atoms with E-state index in [0.717, 1.165) is 5.56 Å². The van der Waals surface area contributed by atoms with Gasteiger partial charge >= 0.3 is 0 Å². The van der Waals surface area contributed by atoms with Crippen molar-refractivity contribution in [2.24, 2.45) is 0 Å². The van der Waals surface area contributed by atoms with Crippen molar-refractivity contribution < 1.29 is 19.0 Å². The van der Waals surface area contributed by atoms with E-state index in [-0.39, 0.29) is 17.8 Å². The summed E-state index contributed by atoms with van der Waals surface area (Å²) in [6, 6.07) is 17.8. The molecule has 0 bridgehead atoms. The predicted octanol–water partition coefficient (Wildman–Crippen LogP) is 4.38. The number of ether oxygens (including phenoxy) is 3. The van der Waals surface area contributed by atoms with Gasteiger partial charge in [0.05, 0.1) is 20.3 Å². The molecule has 2 aromatic carbocycles. The van der Waals surface area contributed by atoms with Gasteiger partial charge in [-0.2, -0.15) is 0 Å². The average Bonchev–Trinajstić information content (AvgIpc) is 2.74. The van der Waals surface area contributed by atoms with Gasteiger partial charge in [-0.25, -0.2) is 4.98 Å². The zero-order chi connectivity index (χ0) is 19.9. The second kappa shape index (κ2) is 8.90. The molecule has 3 aromatic rings. The number of carbonyl (C=O) groups is 1. The lowest BCUT2D eigenvalue weighted by Gasteiger charge is -2.18. The molecule has 28 heavy (non-hydrogen) atoms. The number of benzene rings is 2. The number of hydrogen-bond donors (Lipinski definition) is 1. The number of amides is 1. The average molecular weight is 378 g/mol. The normalized spacial score (nSPS) is 11.4. The molecule has 6 heteroatoms. The summed E-state index contributed by atoms with van der Waals surface area (Å²) < 4.78 is 16.4. The molecule has 1 amide bonds. The van der Waals surface area contributed by atoms with Crippen molar-refractivity contribution in [2.75, 3.05) is 14.2 Å². The molecule has 1 atom stereocenters. The smallest absolute Gasteiger partial charge is 0.257 e. The zero-order valence-corrected chi connectivity index (χ0v) is 16.0. The fraction of sp³-hybridized carbons (Fsp3) is 0.182. The number of methoxy groups -OCH3 is 2. The first-order valence-electron chi connectivity index (χ1n) is 8.83. The molecule has 144 valence electrons. The number of para-hydroxylation sites is 1. The van der Waals surface area contributed by atoms with Crippen LogP contribution in [0.25, 0.3) is 0 Å². The number of hydrogen-bond acceptors (Lipinski definition) is 5. The monoisotopic (exact) mass is 378 g/mol. The summed E-state index contributed by atoms with van der Waals surface area (Å²) in [5, 5.41) is 2.97. The highest BCUT2D eigenvalue weighted by atomic mass is 16.5. The van der Waals surface area contributed by atoms with Gasteiger partial charge in [0, 0.05) is 17.8 Å². The highest BCUT2D eigenvalue weighted by Crippen LogP contribution is 2.30. The Bertz CT molecular complexity index is 944. The predicted molar refractivity (Wildman–Crippen MR) is 106 cm³/mol. The Balaban J connectivity index is 1.80. The second-order valence-electron chi connectivity index (χ2n) is 6.07. The molecule has 0 aliphatic carbocycles. The summed E-state index contributed by atoms with van der Waals surface area (Å²) in [6.07, 6.45) is 1.59. The summed E-state index contributed by atoms with van der Waals surface area (Å²) in [6.45, 7) is 1.89. The van der Waals surface area contributed by atoms with E-state index >= 15 is 0 Å².